The third-order valence-electron chi connectivity index (χ3n) is 6.78. The summed E-state index contributed by atoms with van der Waals surface area (Å²) in [7, 11) is 1.66. The zero-order chi connectivity index (χ0) is 25.5. The maximum atomic E-state index is 12.8. The minimum absolute atomic E-state index is 0.0800. The molecule has 3 rings (SSSR count). The molecule has 1 heterocycles. The molecule has 0 aliphatic rings. The summed E-state index contributed by atoms with van der Waals surface area (Å²) in [5.74, 6) is 0.653. The third kappa shape index (κ3) is 6.34. The number of aryl methyl sites for hydroxylation is 2. The van der Waals surface area contributed by atoms with Gasteiger partial charge in [0.05, 0.1) is 13.4 Å². The molecule has 0 aliphatic carbocycles. The molecule has 5 heteroatoms. The Morgan fingerprint density at radius 2 is 1.86 bits per heavy atom. The van der Waals surface area contributed by atoms with Gasteiger partial charge >= 0.3 is 0 Å². The largest absolute Gasteiger partial charge is 0.496 e. The fourth-order valence-corrected chi connectivity index (χ4v) is 4.62. The van der Waals surface area contributed by atoms with E-state index < -0.39 is 0 Å². The van der Waals surface area contributed by atoms with Crippen LogP contribution >= 0.6 is 0 Å². The third-order valence-corrected chi connectivity index (χ3v) is 6.78. The molecule has 1 atom stereocenters. The van der Waals surface area contributed by atoms with Gasteiger partial charge in [0.25, 0.3) is 0 Å². The van der Waals surface area contributed by atoms with Crippen molar-refractivity contribution in [2.75, 3.05) is 26.7 Å². The molecule has 35 heavy (non-hydrogen) atoms. The molecule has 0 aliphatic heterocycles. The van der Waals surface area contributed by atoms with Gasteiger partial charge in [-0.15, -0.1) is 0 Å². The van der Waals surface area contributed by atoms with E-state index in [1.165, 1.54) is 5.56 Å². The van der Waals surface area contributed by atoms with Gasteiger partial charge in [-0.3, -0.25) is 4.79 Å². The average Bonchev–Trinajstić information content (AvgIpc) is 3.26. The normalized spacial score (nSPS) is 12.9. The maximum Gasteiger partial charge on any atom is 0.244 e. The van der Waals surface area contributed by atoms with Crippen molar-refractivity contribution < 1.29 is 13.9 Å². The number of ether oxygens (including phenoxy) is 1. The Balaban J connectivity index is 1.83. The molecular formula is C30H40N2O3. The highest BCUT2D eigenvalue weighted by atomic mass is 16.5. The van der Waals surface area contributed by atoms with E-state index in [0.717, 1.165) is 77.0 Å². The zero-order valence-electron chi connectivity index (χ0n) is 22.3. The molecule has 0 fully saturated rings. The maximum absolute atomic E-state index is 12.8. The molecular weight excluding hydrogens is 436 g/mol. The van der Waals surface area contributed by atoms with E-state index >= 15 is 0 Å². The van der Waals surface area contributed by atoms with E-state index in [9.17, 15) is 4.79 Å². The molecule has 188 valence electrons. The number of carbonyl (C=O) groups is 1. The van der Waals surface area contributed by atoms with Crippen molar-refractivity contribution in [3.63, 3.8) is 0 Å². The average molecular weight is 477 g/mol. The van der Waals surface area contributed by atoms with Gasteiger partial charge in [0, 0.05) is 34.2 Å². The number of rotatable bonds is 11. The lowest BCUT2D eigenvalue weighted by Gasteiger charge is -2.19. The number of hydrogen-bond donors (Lipinski definition) is 1. The number of carbonyl (C=O) groups excluding carboxylic acids is 1. The molecule has 2 aromatic carbocycles. The molecule has 1 amide bonds. The standard InChI is InChI=1S/C30H40N2O3/c1-8-32(9-2)16-10-11-22(5)31-28(33)17-21(4)25-18-26-27(24-14-12-20(3)13-15-24)19-35-30(26)23(6)29(25)34-7/h12-15,17-19,22H,8-11,16H2,1-7H3,(H,31,33)/b21-17+. The number of amides is 1. The molecule has 3 aromatic rings. The Labute approximate surface area is 210 Å². The Bertz CT molecular complexity index is 1170. The van der Waals surface area contributed by atoms with Crippen LogP contribution in [0.2, 0.25) is 0 Å². The lowest BCUT2D eigenvalue weighted by molar-refractivity contribution is -0.117. The van der Waals surface area contributed by atoms with Crippen LogP contribution in [0.4, 0.5) is 0 Å². The van der Waals surface area contributed by atoms with Gasteiger partial charge in [0.1, 0.15) is 11.3 Å². The zero-order valence-corrected chi connectivity index (χ0v) is 22.3. The van der Waals surface area contributed by atoms with Crippen LogP contribution in [0.3, 0.4) is 0 Å². The molecule has 0 radical (unpaired) electrons. The molecule has 1 unspecified atom stereocenters. The summed E-state index contributed by atoms with van der Waals surface area (Å²) in [5.41, 5.74) is 6.84. The number of furan rings is 1. The number of benzene rings is 2. The number of methoxy groups -OCH3 is 1. The minimum Gasteiger partial charge on any atom is -0.496 e. The monoisotopic (exact) mass is 476 g/mol. The van der Waals surface area contributed by atoms with Crippen LogP contribution in [-0.4, -0.2) is 43.6 Å². The molecule has 5 nitrogen and oxygen atoms in total. The van der Waals surface area contributed by atoms with Crippen molar-refractivity contribution in [2.45, 2.75) is 60.4 Å². The van der Waals surface area contributed by atoms with Crippen LogP contribution in [0.15, 0.2) is 47.1 Å². The first kappa shape index (κ1) is 26.6. The first-order valence-electron chi connectivity index (χ1n) is 12.7. The van der Waals surface area contributed by atoms with E-state index in [1.54, 1.807) is 19.4 Å². The van der Waals surface area contributed by atoms with Crippen LogP contribution in [-0.2, 0) is 4.79 Å². The van der Waals surface area contributed by atoms with Crippen molar-refractivity contribution >= 4 is 22.4 Å². The Kier molecular flexibility index (Phi) is 9.16. The lowest BCUT2D eigenvalue weighted by atomic mass is 9.96. The van der Waals surface area contributed by atoms with Crippen molar-refractivity contribution in [1.29, 1.82) is 0 Å². The molecule has 1 N–H and O–H groups in total. The molecule has 0 spiro atoms. The topological polar surface area (TPSA) is 54.7 Å². The smallest absolute Gasteiger partial charge is 0.244 e. The van der Waals surface area contributed by atoms with Crippen molar-refractivity contribution in [3.8, 4) is 16.9 Å². The van der Waals surface area contributed by atoms with Gasteiger partial charge in [0.15, 0.2) is 0 Å². The van der Waals surface area contributed by atoms with E-state index in [-0.39, 0.29) is 11.9 Å². The van der Waals surface area contributed by atoms with Gasteiger partial charge < -0.3 is 19.4 Å². The predicted octanol–water partition coefficient (Wildman–Crippen LogP) is 6.76. The number of fused-ring (bicyclic) bond motifs is 1. The van der Waals surface area contributed by atoms with Crippen molar-refractivity contribution in [1.82, 2.24) is 10.2 Å². The Morgan fingerprint density at radius 1 is 1.17 bits per heavy atom. The first-order chi connectivity index (χ1) is 16.8. The number of hydrogen-bond acceptors (Lipinski definition) is 4. The summed E-state index contributed by atoms with van der Waals surface area (Å²) in [5, 5.41) is 4.14. The quantitative estimate of drug-likeness (QED) is 0.311. The minimum atomic E-state index is -0.0800. The summed E-state index contributed by atoms with van der Waals surface area (Å²) in [6.07, 6.45) is 5.50. The second kappa shape index (κ2) is 12.1. The highest BCUT2D eigenvalue weighted by Gasteiger charge is 2.19. The van der Waals surface area contributed by atoms with Gasteiger partial charge in [-0.2, -0.15) is 0 Å². The van der Waals surface area contributed by atoms with E-state index in [1.807, 2.05) is 13.8 Å². The van der Waals surface area contributed by atoms with Gasteiger partial charge in [-0.1, -0.05) is 43.7 Å². The van der Waals surface area contributed by atoms with E-state index in [2.05, 4.69) is 68.2 Å². The summed E-state index contributed by atoms with van der Waals surface area (Å²) in [4.78, 5) is 15.2. The predicted molar refractivity (Wildman–Crippen MR) is 146 cm³/mol. The van der Waals surface area contributed by atoms with Gasteiger partial charge in [-0.25, -0.2) is 0 Å². The van der Waals surface area contributed by atoms with Crippen LogP contribution in [0, 0.1) is 13.8 Å². The van der Waals surface area contributed by atoms with Crippen molar-refractivity contribution in [2.24, 2.45) is 0 Å². The second-order valence-corrected chi connectivity index (χ2v) is 9.38. The first-order valence-corrected chi connectivity index (χ1v) is 12.7. The lowest BCUT2D eigenvalue weighted by Crippen LogP contribution is -2.32. The molecule has 1 aromatic heterocycles. The van der Waals surface area contributed by atoms with Crippen LogP contribution in [0.1, 0.15) is 57.2 Å². The number of nitrogens with one attached hydrogen (secondary N) is 1. The fraction of sp³-hybridized carbons (Fsp3) is 0.433. The van der Waals surface area contributed by atoms with E-state index in [4.69, 9.17) is 9.15 Å². The van der Waals surface area contributed by atoms with Gasteiger partial charge in [0.2, 0.25) is 5.91 Å². The highest BCUT2D eigenvalue weighted by Crippen LogP contribution is 2.40. The summed E-state index contributed by atoms with van der Waals surface area (Å²) in [6.45, 7) is 15.7. The van der Waals surface area contributed by atoms with Gasteiger partial charge in [-0.05, 0) is 77.4 Å². The summed E-state index contributed by atoms with van der Waals surface area (Å²) < 4.78 is 11.7. The Morgan fingerprint density at radius 3 is 2.49 bits per heavy atom. The summed E-state index contributed by atoms with van der Waals surface area (Å²) >= 11 is 0. The Hall–Kier alpha value is -3.05. The number of nitrogens with zero attached hydrogens (tertiary/aromatic N) is 1. The van der Waals surface area contributed by atoms with Crippen LogP contribution < -0.4 is 10.1 Å². The van der Waals surface area contributed by atoms with Crippen LogP contribution in [0.25, 0.3) is 27.7 Å². The molecule has 0 saturated carbocycles. The fourth-order valence-electron chi connectivity index (χ4n) is 4.62. The van der Waals surface area contributed by atoms with E-state index in [0.29, 0.717) is 0 Å². The number of allylic oxidation sites excluding steroid dienone is 1. The summed E-state index contributed by atoms with van der Waals surface area (Å²) in [6, 6.07) is 10.6. The molecule has 0 saturated heterocycles. The SMILES string of the molecule is CCN(CC)CCCC(C)NC(=O)/C=C(\C)c1cc2c(-c3ccc(C)cc3)coc2c(C)c1OC. The molecule has 0 bridgehead atoms. The highest BCUT2D eigenvalue weighted by molar-refractivity contribution is 6.01. The second-order valence-electron chi connectivity index (χ2n) is 9.38. The van der Waals surface area contributed by atoms with Crippen LogP contribution in [0.5, 0.6) is 5.75 Å². The van der Waals surface area contributed by atoms with Crippen molar-refractivity contribution in [3.05, 3.63) is 59.4 Å².